The van der Waals surface area contributed by atoms with Crippen LogP contribution in [0.15, 0.2) is 0 Å². The van der Waals surface area contributed by atoms with Gasteiger partial charge in [-0.3, -0.25) is 19.2 Å². The molecule has 184 valence electrons. The summed E-state index contributed by atoms with van der Waals surface area (Å²) in [4.78, 5) is 60.0. The van der Waals surface area contributed by atoms with Crippen LogP contribution in [-0.2, 0) is 24.0 Å². The monoisotopic (exact) mass is 476 g/mol. The Hall–Kier alpha value is -2.34. The molecule has 0 aliphatic carbocycles. The van der Waals surface area contributed by atoms with Crippen molar-refractivity contribution >= 4 is 42.3 Å². The Kier molecular flexibility index (Phi) is 13.6. The fourth-order valence-electron chi connectivity index (χ4n) is 2.86. The number of carboxylic acids is 2. The summed E-state index contributed by atoms with van der Waals surface area (Å²) in [6.07, 6.45) is -0.0160. The van der Waals surface area contributed by atoms with Crippen LogP contribution in [0.1, 0.15) is 53.4 Å². The summed E-state index contributed by atoms with van der Waals surface area (Å²) in [7, 11) is 0. The largest absolute Gasteiger partial charge is 0.481 e. The first-order valence-electron chi connectivity index (χ1n) is 10.5. The summed E-state index contributed by atoms with van der Waals surface area (Å²) >= 11 is 3.87. The molecule has 3 amide bonds. The molecule has 32 heavy (non-hydrogen) atoms. The first kappa shape index (κ1) is 29.7. The van der Waals surface area contributed by atoms with Gasteiger partial charge in [-0.05, 0) is 31.1 Å². The topological polar surface area (TPSA) is 188 Å². The standard InChI is InChI=1S/C20H36N4O7S/c1-10(2)7-12(21)17(27)23-14(8-11(3)4)19(29)22-13(5-6-16(25)26)18(28)24-15(9-32)20(30)31/h10-15,32H,5-9,21H2,1-4H3,(H,22,29)(H,23,27)(H,24,28)(H,25,26)(H,30,31). The minimum absolute atomic E-state index is 0.0132. The van der Waals surface area contributed by atoms with Crippen molar-refractivity contribution in [1.29, 1.82) is 0 Å². The van der Waals surface area contributed by atoms with E-state index in [1.54, 1.807) is 0 Å². The Labute approximate surface area is 193 Å². The van der Waals surface area contributed by atoms with Crippen molar-refractivity contribution in [3.63, 3.8) is 0 Å². The second-order valence-electron chi connectivity index (χ2n) is 8.50. The highest BCUT2D eigenvalue weighted by Crippen LogP contribution is 2.09. The van der Waals surface area contributed by atoms with Gasteiger partial charge in [-0.2, -0.15) is 12.6 Å². The molecule has 11 nitrogen and oxygen atoms in total. The zero-order valence-corrected chi connectivity index (χ0v) is 19.9. The van der Waals surface area contributed by atoms with Gasteiger partial charge in [-0.15, -0.1) is 0 Å². The number of carboxylic acid groups (broad SMARTS) is 2. The fraction of sp³-hybridized carbons (Fsp3) is 0.750. The van der Waals surface area contributed by atoms with Crippen molar-refractivity contribution in [3.05, 3.63) is 0 Å². The average Bonchev–Trinajstić information content (AvgIpc) is 2.66. The molecule has 0 bridgehead atoms. The summed E-state index contributed by atoms with van der Waals surface area (Å²) in [5.41, 5.74) is 5.89. The van der Waals surface area contributed by atoms with Crippen LogP contribution >= 0.6 is 12.6 Å². The molecule has 0 saturated heterocycles. The molecular weight excluding hydrogens is 440 g/mol. The number of carbonyl (C=O) groups excluding carboxylic acids is 3. The van der Waals surface area contributed by atoms with Gasteiger partial charge >= 0.3 is 11.9 Å². The van der Waals surface area contributed by atoms with Crippen LogP contribution in [0.5, 0.6) is 0 Å². The van der Waals surface area contributed by atoms with Crippen molar-refractivity contribution in [2.75, 3.05) is 5.75 Å². The third-order valence-electron chi connectivity index (χ3n) is 4.48. The molecule has 4 atom stereocenters. The van der Waals surface area contributed by atoms with E-state index < -0.39 is 60.2 Å². The Balaban J connectivity index is 5.47. The van der Waals surface area contributed by atoms with E-state index >= 15 is 0 Å². The third kappa shape index (κ3) is 11.9. The Morgan fingerprint density at radius 1 is 0.781 bits per heavy atom. The lowest BCUT2D eigenvalue weighted by molar-refractivity contribution is -0.142. The lowest BCUT2D eigenvalue weighted by Gasteiger charge is -2.26. The zero-order valence-electron chi connectivity index (χ0n) is 19.0. The SMILES string of the molecule is CC(C)CC(N)C(=O)NC(CC(C)C)C(=O)NC(CCC(=O)O)C(=O)NC(CS)C(=O)O. The van der Waals surface area contributed by atoms with Gasteiger partial charge in [-0.1, -0.05) is 27.7 Å². The van der Waals surface area contributed by atoms with Crippen LogP contribution in [0.3, 0.4) is 0 Å². The van der Waals surface area contributed by atoms with Crippen LogP contribution in [-0.4, -0.2) is 69.8 Å². The molecule has 0 aromatic carbocycles. The summed E-state index contributed by atoms with van der Waals surface area (Å²) in [5.74, 6) is -4.56. The number of hydrogen-bond donors (Lipinski definition) is 7. The number of hydrogen-bond acceptors (Lipinski definition) is 7. The second kappa shape index (κ2) is 14.7. The van der Waals surface area contributed by atoms with Crippen LogP contribution in [0.25, 0.3) is 0 Å². The van der Waals surface area contributed by atoms with Crippen molar-refractivity contribution < 1.29 is 34.2 Å². The van der Waals surface area contributed by atoms with Gasteiger partial charge in [0.25, 0.3) is 0 Å². The number of thiol groups is 1. The highest BCUT2D eigenvalue weighted by atomic mass is 32.1. The maximum absolute atomic E-state index is 12.9. The lowest BCUT2D eigenvalue weighted by Crippen LogP contribution is -2.57. The van der Waals surface area contributed by atoms with Crippen molar-refractivity contribution in [2.45, 2.75) is 77.5 Å². The first-order chi connectivity index (χ1) is 14.8. The third-order valence-corrected chi connectivity index (χ3v) is 4.84. The van der Waals surface area contributed by atoms with Gasteiger partial charge in [0.2, 0.25) is 17.7 Å². The molecule has 0 saturated carbocycles. The molecule has 7 N–H and O–H groups in total. The van der Waals surface area contributed by atoms with Gasteiger partial charge in [0.1, 0.15) is 18.1 Å². The van der Waals surface area contributed by atoms with Crippen LogP contribution in [0, 0.1) is 11.8 Å². The highest BCUT2D eigenvalue weighted by molar-refractivity contribution is 7.80. The van der Waals surface area contributed by atoms with Gasteiger partial charge in [0.15, 0.2) is 0 Å². The van der Waals surface area contributed by atoms with Crippen molar-refractivity contribution in [1.82, 2.24) is 16.0 Å². The molecule has 12 heteroatoms. The molecule has 0 fully saturated rings. The summed E-state index contributed by atoms with van der Waals surface area (Å²) < 4.78 is 0. The Morgan fingerprint density at radius 2 is 1.25 bits per heavy atom. The Bertz CT molecular complexity index is 672. The van der Waals surface area contributed by atoms with Crippen LogP contribution in [0.2, 0.25) is 0 Å². The van der Waals surface area contributed by atoms with Crippen molar-refractivity contribution in [3.8, 4) is 0 Å². The van der Waals surface area contributed by atoms with Crippen LogP contribution in [0.4, 0.5) is 0 Å². The summed E-state index contributed by atoms with van der Waals surface area (Å²) in [6, 6.07) is -4.43. The highest BCUT2D eigenvalue weighted by Gasteiger charge is 2.30. The Morgan fingerprint density at radius 3 is 1.69 bits per heavy atom. The quantitative estimate of drug-likeness (QED) is 0.157. The van der Waals surface area contributed by atoms with E-state index in [1.165, 1.54) is 0 Å². The van der Waals surface area contributed by atoms with E-state index in [9.17, 15) is 24.0 Å². The predicted molar refractivity (Wildman–Crippen MR) is 121 cm³/mol. The van der Waals surface area contributed by atoms with Crippen molar-refractivity contribution in [2.24, 2.45) is 17.6 Å². The molecule has 0 aliphatic heterocycles. The van der Waals surface area contributed by atoms with E-state index in [0.29, 0.717) is 6.42 Å². The van der Waals surface area contributed by atoms with E-state index in [2.05, 4.69) is 28.6 Å². The minimum Gasteiger partial charge on any atom is -0.481 e. The predicted octanol–water partition coefficient (Wildman–Crippen LogP) is -0.260. The molecule has 0 heterocycles. The molecule has 0 radical (unpaired) electrons. The maximum Gasteiger partial charge on any atom is 0.327 e. The van der Waals surface area contributed by atoms with Gasteiger partial charge in [0, 0.05) is 12.2 Å². The van der Waals surface area contributed by atoms with Gasteiger partial charge < -0.3 is 31.9 Å². The number of carbonyl (C=O) groups is 5. The summed E-state index contributed by atoms with van der Waals surface area (Å²) in [6.45, 7) is 7.51. The van der Waals surface area contributed by atoms with E-state index in [1.807, 2.05) is 27.7 Å². The number of aliphatic carboxylic acids is 2. The molecule has 0 aromatic heterocycles. The molecular formula is C20H36N4O7S. The first-order valence-corrected chi connectivity index (χ1v) is 11.1. The average molecular weight is 477 g/mol. The van der Waals surface area contributed by atoms with E-state index in [-0.39, 0.29) is 30.4 Å². The van der Waals surface area contributed by atoms with Gasteiger partial charge in [0.05, 0.1) is 6.04 Å². The lowest BCUT2D eigenvalue weighted by atomic mass is 10.00. The molecule has 4 unspecified atom stereocenters. The maximum atomic E-state index is 12.9. The molecule has 0 rings (SSSR count). The summed E-state index contributed by atoms with van der Waals surface area (Å²) in [5, 5.41) is 25.3. The molecule has 0 aromatic rings. The molecule has 0 aliphatic rings. The van der Waals surface area contributed by atoms with E-state index in [4.69, 9.17) is 15.9 Å². The van der Waals surface area contributed by atoms with Gasteiger partial charge in [-0.25, -0.2) is 4.79 Å². The van der Waals surface area contributed by atoms with E-state index in [0.717, 1.165) is 0 Å². The molecule has 0 spiro atoms. The minimum atomic E-state index is -1.32. The van der Waals surface area contributed by atoms with Crippen LogP contribution < -0.4 is 21.7 Å². The number of nitrogens with one attached hydrogen (secondary N) is 3. The number of rotatable bonds is 15. The number of nitrogens with two attached hydrogens (primary N) is 1. The second-order valence-corrected chi connectivity index (χ2v) is 8.87. The zero-order chi connectivity index (χ0) is 25.0. The number of amides is 3. The smallest absolute Gasteiger partial charge is 0.327 e. The fourth-order valence-corrected chi connectivity index (χ4v) is 3.11. The normalized spacial score (nSPS) is 14.9.